The average molecular weight is 255 g/mol. The summed E-state index contributed by atoms with van der Waals surface area (Å²) >= 11 is 0. The Morgan fingerprint density at radius 2 is 2.11 bits per heavy atom. The Morgan fingerprint density at radius 3 is 2.83 bits per heavy atom. The minimum absolute atomic E-state index is 0.308. The number of hydrogen-bond acceptors (Lipinski definition) is 3. The van der Waals surface area contributed by atoms with E-state index < -0.39 is 11.5 Å². The molecule has 0 atom stereocenters. The number of H-pyrrole nitrogens is 1. The van der Waals surface area contributed by atoms with Crippen LogP contribution in [0.5, 0.6) is 0 Å². The minimum Gasteiger partial charge on any atom is -0.310 e. The van der Waals surface area contributed by atoms with Crippen LogP contribution in [0.3, 0.4) is 0 Å². The van der Waals surface area contributed by atoms with E-state index in [2.05, 4.69) is 22.2 Å². The number of unbranched alkanes of at least 4 members (excludes halogenated alkanes) is 4. The van der Waals surface area contributed by atoms with E-state index in [0.717, 1.165) is 38.3 Å². The van der Waals surface area contributed by atoms with Gasteiger partial charge in [-0.2, -0.15) is 4.98 Å². The molecule has 0 saturated heterocycles. The molecule has 0 spiro atoms. The molecule has 1 aromatic heterocycles. The van der Waals surface area contributed by atoms with Gasteiger partial charge in [0.05, 0.1) is 0 Å². The van der Waals surface area contributed by atoms with Crippen LogP contribution >= 0.6 is 0 Å². The predicted octanol–water partition coefficient (Wildman–Crippen LogP) is 2.21. The summed E-state index contributed by atoms with van der Waals surface area (Å²) in [7, 11) is 0. The van der Waals surface area contributed by atoms with Crippen LogP contribution in [0.2, 0.25) is 0 Å². The van der Waals surface area contributed by atoms with Crippen molar-refractivity contribution in [1.82, 2.24) is 9.97 Å². The maximum Gasteiger partial charge on any atom is 0.347 e. The lowest BCUT2D eigenvalue weighted by Crippen LogP contribution is -2.19. The normalized spacial score (nSPS) is 10.3. The highest BCUT2D eigenvalue weighted by atomic mass is 19.1. The summed E-state index contributed by atoms with van der Waals surface area (Å²) in [5.74, 6) is -1.37. The molecule has 1 heterocycles. The second kappa shape index (κ2) is 7.58. The van der Waals surface area contributed by atoms with Gasteiger partial charge in [0.25, 0.3) is 0 Å². The maximum atomic E-state index is 13.2. The number of aromatic amines is 1. The molecule has 0 unspecified atom stereocenters. The van der Waals surface area contributed by atoms with Gasteiger partial charge in [-0.3, -0.25) is 4.79 Å². The molecule has 0 radical (unpaired) electrons. The van der Waals surface area contributed by atoms with E-state index in [0.29, 0.717) is 6.42 Å². The van der Waals surface area contributed by atoms with E-state index in [-0.39, 0.29) is 11.7 Å². The van der Waals surface area contributed by atoms with E-state index in [1.54, 1.807) is 0 Å². The number of anilines is 1. The predicted molar refractivity (Wildman–Crippen MR) is 66.8 cm³/mol. The van der Waals surface area contributed by atoms with Gasteiger partial charge >= 0.3 is 5.69 Å². The lowest BCUT2D eigenvalue weighted by atomic mass is 10.1. The number of nitrogens with zero attached hydrogens (tertiary/aromatic N) is 1. The highest BCUT2D eigenvalue weighted by Crippen LogP contribution is 2.08. The molecule has 0 bridgehead atoms. The molecule has 6 heteroatoms. The van der Waals surface area contributed by atoms with Crippen LogP contribution in [0.4, 0.5) is 10.2 Å². The number of carbonyl (C=O) groups excluding carboxylic acids is 1. The van der Waals surface area contributed by atoms with Crippen molar-refractivity contribution >= 4 is 11.7 Å². The first-order valence-corrected chi connectivity index (χ1v) is 6.18. The van der Waals surface area contributed by atoms with Crippen LogP contribution in [0, 0.1) is 5.82 Å². The van der Waals surface area contributed by atoms with Crippen molar-refractivity contribution in [3.8, 4) is 0 Å². The molecule has 5 nitrogen and oxygen atoms in total. The van der Waals surface area contributed by atoms with Crippen molar-refractivity contribution < 1.29 is 9.18 Å². The third kappa shape index (κ3) is 5.07. The van der Waals surface area contributed by atoms with Crippen LogP contribution in [0.15, 0.2) is 11.0 Å². The molecular formula is C12H18FN3O2. The van der Waals surface area contributed by atoms with Gasteiger partial charge in [-0.15, -0.1) is 0 Å². The summed E-state index contributed by atoms with van der Waals surface area (Å²) < 4.78 is 13.2. The summed E-state index contributed by atoms with van der Waals surface area (Å²) in [5.41, 5.74) is -0.686. The zero-order valence-electron chi connectivity index (χ0n) is 10.5. The summed E-state index contributed by atoms with van der Waals surface area (Å²) in [6.07, 6.45) is 6.34. The molecule has 1 rings (SSSR count). The van der Waals surface area contributed by atoms with E-state index in [9.17, 15) is 14.0 Å². The molecule has 1 aromatic rings. The van der Waals surface area contributed by atoms with Crippen molar-refractivity contribution in [2.24, 2.45) is 0 Å². The molecule has 18 heavy (non-hydrogen) atoms. The number of halogens is 1. The van der Waals surface area contributed by atoms with Crippen LogP contribution in [0.1, 0.15) is 45.4 Å². The molecule has 1 amide bonds. The molecule has 100 valence electrons. The molecule has 0 aromatic carbocycles. The Labute approximate surface area is 105 Å². The SMILES string of the molecule is CCCCCCCC(=O)Nc1nc(=O)[nH]cc1F. The summed E-state index contributed by atoms with van der Waals surface area (Å²) in [6, 6.07) is 0. The van der Waals surface area contributed by atoms with Crippen LogP contribution in [0.25, 0.3) is 0 Å². The van der Waals surface area contributed by atoms with Crippen molar-refractivity contribution in [2.75, 3.05) is 5.32 Å². The average Bonchev–Trinajstić information content (AvgIpc) is 2.33. The Kier molecular flexibility index (Phi) is 6.04. The van der Waals surface area contributed by atoms with Crippen LogP contribution in [-0.4, -0.2) is 15.9 Å². The first-order chi connectivity index (χ1) is 8.63. The van der Waals surface area contributed by atoms with E-state index in [1.165, 1.54) is 0 Å². The fraction of sp³-hybridized carbons (Fsp3) is 0.583. The highest BCUT2D eigenvalue weighted by Gasteiger charge is 2.08. The standard InChI is InChI=1S/C12H18FN3O2/c1-2-3-4-5-6-7-10(17)15-11-9(13)8-14-12(18)16-11/h8H,2-7H2,1H3,(H2,14,15,16,17,18). The van der Waals surface area contributed by atoms with Gasteiger partial charge in [-0.05, 0) is 6.42 Å². The minimum atomic E-state index is -0.742. The summed E-state index contributed by atoms with van der Waals surface area (Å²) in [6.45, 7) is 2.12. The van der Waals surface area contributed by atoms with Gasteiger partial charge in [0, 0.05) is 12.6 Å². The molecule has 0 aliphatic carbocycles. The van der Waals surface area contributed by atoms with Crippen LogP contribution in [-0.2, 0) is 4.79 Å². The number of carbonyl (C=O) groups is 1. The molecule has 0 aliphatic heterocycles. The lowest BCUT2D eigenvalue weighted by Gasteiger charge is -2.04. The Balaban J connectivity index is 2.35. The lowest BCUT2D eigenvalue weighted by molar-refractivity contribution is -0.116. The fourth-order valence-corrected chi connectivity index (χ4v) is 1.55. The Bertz CT molecular complexity index is 445. The highest BCUT2D eigenvalue weighted by molar-refractivity contribution is 5.89. The van der Waals surface area contributed by atoms with Crippen molar-refractivity contribution in [3.05, 3.63) is 22.5 Å². The monoisotopic (exact) mass is 255 g/mol. The van der Waals surface area contributed by atoms with Gasteiger partial charge in [0.15, 0.2) is 11.6 Å². The van der Waals surface area contributed by atoms with Crippen molar-refractivity contribution in [2.45, 2.75) is 45.4 Å². The first-order valence-electron chi connectivity index (χ1n) is 6.18. The molecule has 2 N–H and O–H groups in total. The zero-order valence-corrected chi connectivity index (χ0v) is 10.5. The Morgan fingerprint density at radius 1 is 1.39 bits per heavy atom. The second-order valence-corrected chi connectivity index (χ2v) is 4.11. The molecule has 0 aliphatic rings. The summed E-state index contributed by atoms with van der Waals surface area (Å²) in [5, 5.41) is 2.30. The third-order valence-corrected chi connectivity index (χ3v) is 2.53. The zero-order chi connectivity index (χ0) is 13.4. The largest absolute Gasteiger partial charge is 0.347 e. The maximum absolute atomic E-state index is 13.2. The first kappa shape index (κ1) is 14.3. The van der Waals surface area contributed by atoms with Gasteiger partial charge < -0.3 is 10.3 Å². The topological polar surface area (TPSA) is 74.8 Å². The summed E-state index contributed by atoms with van der Waals surface area (Å²) in [4.78, 5) is 27.8. The van der Waals surface area contributed by atoms with Gasteiger partial charge in [0.1, 0.15) is 0 Å². The number of nitrogens with one attached hydrogen (secondary N) is 2. The Hall–Kier alpha value is -1.72. The molecule has 0 fully saturated rings. The fourth-order valence-electron chi connectivity index (χ4n) is 1.55. The smallest absolute Gasteiger partial charge is 0.310 e. The number of rotatable bonds is 7. The van der Waals surface area contributed by atoms with Crippen molar-refractivity contribution in [3.63, 3.8) is 0 Å². The van der Waals surface area contributed by atoms with Gasteiger partial charge in [-0.1, -0.05) is 32.6 Å². The van der Waals surface area contributed by atoms with Gasteiger partial charge in [0.2, 0.25) is 5.91 Å². The van der Waals surface area contributed by atoms with Gasteiger partial charge in [-0.25, -0.2) is 9.18 Å². The van der Waals surface area contributed by atoms with Crippen molar-refractivity contribution in [1.29, 1.82) is 0 Å². The number of amides is 1. The number of aromatic nitrogens is 2. The quantitative estimate of drug-likeness (QED) is 0.733. The molecule has 0 saturated carbocycles. The van der Waals surface area contributed by atoms with Crippen LogP contribution < -0.4 is 11.0 Å². The van der Waals surface area contributed by atoms with E-state index in [1.807, 2.05) is 0 Å². The third-order valence-electron chi connectivity index (χ3n) is 2.53. The van der Waals surface area contributed by atoms with E-state index >= 15 is 0 Å². The number of hydrogen-bond donors (Lipinski definition) is 2. The van der Waals surface area contributed by atoms with E-state index in [4.69, 9.17) is 0 Å². The molecular weight excluding hydrogens is 237 g/mol. The second-order valence-electron chi connectivity index (χ2n) is 4.11.